The van der Waals surface area contributed by atoms with Crippen LogP contribution in [0.2, 0.25) is 0 Å². The van der Waals surface area contributed by atoms with E-state index in [1.54, 1.807) is 12.1 Å². The topological polar surface area (TPSA) is 29.1 Å². The predicted octanol–water partition coefficient (Wildman–Crippen LogP) is 3.67. The van der Waals surface area contributed by atoms with Crippen LogP contribution in [-0.4, -0.2) is 17.3 Å². The number of rotatable bonds is 5. The van der Waals surface area contributed by atoms with Gasteiger partial charge in [0.05, 0.1) is 5.56 Å². The van der Waals surface area contributed by atoms with E-state index in [9.17, 15) is 9.18 Å². The Morgan fingerprint density at radius 1 is 1.44 bits per heavy atom. The molecule has 0 radical (unpaired) electrons. The number of hydrogen-bond acceptors (Lipinski definition) is 1. The average Bonchev–Trinajstić information content (AvgIpc) is 2.30. The molecule has 2 nitrogen and oxygen atoms in total. The molecule has 0 spiro atoms. The zero-order chi connectivity index (χ0) is 13.7. The second-order valence-electron chi connectivity index (χ2n) is 4.94. The summed E-state index contributed by atoms with van der Waals surface area (Å²) in [5, 5.41) is 3.53. The first-order chi connectivity index (χ1) is 8.43. The van der Waals surface area contributed by atoms with Crippen LogP contribution in [0.1, 0.15) is 36.2 Å². The number of amides is 1. The van der Waals surface area contributed by atoms with Gasteiger partial charge in [0.1, 0.15) is 5.82 Å². The van der Waals surface area contributed by atoms with E-state index in [0.717, 1.165) is 12.0 Å². The van der Waals surface area contributed by atoms with E-state index in [4.69, 9.17) is 0 Å². The van der Waals surface area contributed by atoms with E-state index in [1.807, 2.05) is 6.92 Å². The van der Waals surface area contributed by atoms with Crippen molar-refractivity contribution in [2.75, 3.05) is 5.33 Å². The van der Waals surface area contributed by atoms with Gasteiger partial charge in [-0.3, -0.25) is 4.79 Å². The van der Waals surface area contributed by atoms with Gasteiger partial charge < -0.3 is 5.32 Å². The van der Waals surface area contributed by atoms with Gasteiger partial charge in [-0.25, -0.2) is 4.39 Å². The molecule has 0 heterocycles. The monoisotopic (exact) mass is 315 g/mol. The highest BCUT2D eigenvalue weighted by molar-refractivity contribution is 9.09. The molecule has 4 heteroatoms. The molecule has 100 valence electrons. The van der Waals surface area contributed by atoms with Crippen molar-refractivity contribution in [2.45, 2.75) is 33.2 Å². The van der Waals surface area contributed by atoms with Crippen molar-refractivity contribution in [3.8, 4) is 0 Å². The molecule has 1 aromatic rings. The van der Waals surface area contributed by atoms with Crippen molar-refractivity contribution in [2.24, 2.45) is 5.92 Å². The molecule has 1 atom stereocenters. The Bertz CT molecular complexity index is 420. The standard InChI is InChI=1S/C14H19BrFNO/c1-9(2)6-11(8-15)17-14(18)12-7-10(3)4-5-13(12)16/h4-5,7,9,11H,6,8H2,1-3H3,(H,17,18). The van der Waals surface area contributed by atoms with Gasteiger partial charge >= 0.3 is 0 Å². The molecule has 1 unspecified atom stereocenters. The number of hydrogen-bond donors (Lipinski definition) is 1. The van der Waals surface area contributed by atoms with Gasteiger partial charge in [0, 0.05) is 11.4 Å². The highest BCUT2D eigenvalue weighted by atomic mass is 79.9. The fraction of sp³-hybridized carbons (Fsp3) is 0.500. The first-order valence-electron chi connectivity index (χ1n) is 6.07. The maximum absolute atomic E-state index is 13.6. The summed E-state index contributed by atoms with van der Waals surface area (Å²) >= 11 is 3.37. The molecule has 0 fully saturated rings. The lowest BCUT2D eigenvalue weighted by atomic mass is 10.0. The number of carbonyl (C=O) groups excluding carboxylic acids is 1. The first kappa shape index (κ1) is 15.2. The third-order valence-corrected chi connectivity index (χ3v) is 3.43. The minimum atomic E-state index is -0.476. The van der Waals surface area contributed by atoms with Crippen LogP contribution in [0.5, 0.6) is 0 Å². The molecule has 1 aromatic carbocycles. The van der Waals surface area contributed by atoms with Crippen LogP contribution in [0.3, 0.4) is 0 Å². The molecule has 1 rings (SSSR count). The fourth-order valence-corrected chi connectivity index (χ4v) is 2.23. The van der Waals surface area contributed by atoms with E-state index in [2.05, 4.69) is 35.1 Å². The van der Waals surface area contributed by atoms with Crippen LogP contribution < -0.4 is 5.32 Å². The molecule has 0 aliphatic heterocycles. The smallest absolute Gasteiger partial charge is 0.254 e. The van der Waals surface area contributed by atoms with Crippen molar-refractivity contribution >= 4 is 21.8 Å². The lowest BCUT2D eigenvalue weighted by Crippen LogP contribution is -2.37. The van der Waals surface area contributed by atoms with Crippen LogP contribution in [0.25, 0.3) is 0 Å². The number of halogens is 2. The second-order valence-corrected chi connectivity index (χ2v) is 5.59. The Morgan fingerprint density at radius 3 is 2.67 bits per heavy atom. The molecular formula is C14H19BrFNO. The van der Waals surface area contributed by atoms with Crippen LogP contribution in [0.4, 0.5) is 4.39 Å². The summed E-state index contributed by atoms with van der Waals surface area (Å²) in [4.78, 5) is 12.0. The summed E-state index contributed by atoms with van der Waals surface area (Å²) in [6.07, 6.45) is 0.866. The fourth-order valence-electron chi connectivity index (χ4n) is 1.81. The zero-order valence-corrected chi connectivity index (χ0v) is 12.6. The Kier molecular flexibility index (Phi) is 5.79. The van der Waals surface area contributed by atoms with E-state index in [0.29, 0.717) is 11.2 Å². The van der Waals surface area contributed by atoms with E-state index >= 15 is 0 Å². The maximum Gasteiger partial charge on any atom is 0.254 e. The predicted molar refractivity (Wildman–Crippen MR) is 75.6 cm³/mol. The zero-order valence-electron chi connectivity index (χ0n) is 11.0. The lowest BCUT2D eigenvalue weighted by molar-refractivity contribution is 0.0933. The van der Waals surface area contributed by atoms with Crippen molar-refractivity contribution in [3.05, 3.63) is 35.1 Å². The number of nitrogens with one attached hydrogen (secondary N) is 1. The largest absolute Gasteiger partial charge is 0.348 e. The van der Waals surface area contributed by atoms with Crippen molar-refractivity contribution in [1.29, 1.82) is 0 Å². The molecule has 0 saturated carbocycles. The van der Waals surface area contributed by atoms with Gasteiger partial charge in [-0.1, -0.05) is 41.4 Å². The maximum atomic E-state index is 13.6. The molecule has 1 amide bonds. The highest BCUT2D eigenvalue weighted by Gasteiger charge is 2.17. The van der Waals surface area contributed by atoms with Gasteiger partial charge in [0.15, 0.2) is 0 Å². The third-order valence-electron chi connectivity index (χ3n) is 2.64. The minimum Gasteiger partial charge on any atom is -0.348 e. The summed E-state index contributed by atoms with van der Waals surface area (Å²) in [7, 11) is 0. The minimum absolute atomic E-state index is 0.0254. The van der Waals surface area contributed by atoms with E-state index < -0.39 is 5.82 Å². The van der Waals surface area contributed by atoms with Crippen LogP contribution in [0, 0.1) is 18.7 Å². The summed E-state index contributed by atoms with van der Waals surface area (Å²) in [5.74, 6) is -0.340. The van der Waals surface area contributed by atoms with Gasteiger partial charge in [-0.15, -0.1) is 0 Å². The quantitative estimate of drug-likeness (QED) is 0.825. The van der Waals surface area contributed by atoms with Crippen molar-refractivity contribution in [1.82, 2.24) is 5.32 Å². The van der Waals surface area contributed by atoms with E-state index in [1.165, 1.54) is 6.07 Å². The first-order valence-corrected chi connectivity index (χ1v) is 7.19. The van der Waals surface area contributed by atoms with Crippen molar-refractivity contribution < 1.29 is 9.18 Å². The molecule has 0 bridgehead atoms. The summed E-state index contributed by atoms with van der Waals surface area (Å²) < 4.78 is 13.6. The second kappa shape index (κ2) is 6.88. The third kappa shape index (κ3) is 4.41. The SMILES string of the molecule is Cc1ccc(F)c(C(=O)NC(CBr)CC(C)C)c1. The molecule has 1 N–H and O–H groups in total. The molecule has 0 aromatic heterocycles. The number of aryl methyl sites for hydroxylation is 1. The number of carbonyl (C=O) groups is 1. The van der Waals surface area contributed by atoms with Gasteiger partial charge in [0.25, 0.3) is 5.91 Å². The summed E-state index contributed by atoms with van der Waals surface area (Å²) in [5.41, 5.74) is 0.991. The van der Waals surface area contributed by atoms with Gasteiger partial charge in [-0.05, 0) is 31.4 Å². The van der Waals surface area contributed by atoms with Crippen LogP contribution in [-0.2, 0) is 0 Å². The van der Waals surface area contributed by atoms with Crippen molar-refractivity contribution in [3.63, 3.8) is 0 Å². The molecule has 0 saturated heterocycles. The highest BCUT2D eigenvalue weighted by Crippen LogP contribution is 2.12. The van der Waals surface area contributed by atoms with Gasteiger partial charge in [-0.2, -0.15) is 0 Å². The average molecular weight is 316 g/mol. The molecule has 0 aliphatic carbocycles. The Labute approximate surface area is 116 Å². The Morgan fingerprint density at radius 2 is 2.11 bits per heavy atom. The van der Waals surface area contributed by atoms with Crippen LogP contribution >= 0.6 is 15.9 Å². The van der Waals surface area contributed by atoms with Crippen LogP contribution in [0.15, 0.2) is 18.2 Å². The lowest BCUT2D eigenvalue weighted by Gasteiger charge is -2.18. The Balaban J connectivity index is 2.77. The Hall–Kier alpha value is -0.900. The number of benzene rings is 1. The molecule has 18 heavy (non-hydrogen) atoms. The molecular weight excluding hydrogens is 297 g/mol. The number of alkyl halides is 1. The van der Waals surface area contributed by atoms with E-state index in [-0.39, 0.29) is 17.5 Å². The normalized spacial score (nSPS) is 12.6. The van der Waals surface area contributed by atoms with Gasteiger partial charge in [0.2, 0.25) is 0 Å². The summed E-state index contributed by atoms with van der Waals surface area (Å²) in [6, 6.07) is 4.58. The summed E-state index contributed by atoms with van der Waals surface area (Å²) in [6.45, 7) is 6.02. The molecule has 0 aliphatic rings.